The summed E-state index contributed by atoms with van der Waals surface area (Å²) in [6.07, 6.45) is -1.96. The molecule has 21 heavy (non-hydrogen) atoms. The molecule has 0 unspecified atom stereocenters. The number of nitrogens with two attached hydrogens (primary N) is 1. The first-order chi connectivity index (χ1) is 9.95. The number of nitrogens with zero attached hydrogens (tertiary/aromatic N) is 3. The van der Waals surface area contributed by atoms with Crippen molar-refractivity contribution in [2.75, 3.05) is 12.3 Å². The number of hydrogen-bond donors (Lipinski definition) is 5. The number of aliphatic hydroxyl groups excluding tert-OH is 3. The topological polar surface area (TPSA) is 150 Å². The number of nitrogen functional groups attached to an aromatic ring is 1. The highest BCUT2D eigenvalue weighted by atomic mass is 19.1. The minimum Gasteiger partial charge on any atom is -0.392 e. The molecule has 6 N–H and O–H groups in total. The van der Waals surface area contributed by atoms with Gasteiger partial charge in [-0.2, -0.15) is 4.98 Å². The lowest BCUT2D eigenvalue weighted by Crippen LogP contribution is -2.30. The molecule has 10 heteroatoms. The molecule has 3 rings (SSSR count). The summed E-state index contributed by atoms with van der Waals surface area (Å²) in [6, 6.07) is -1.33. The molecule has 0 radical (unpaired) electrons. The summed E-state index contributed by atoms with van der Waals surface area (Å²) >= 11 is 0. The average molecular weight is 297 g/mol. The van der Waals surface area contributed by atoms with Crippen LogP contribution in [0.15, 0.2) is 22.5 Å². The third-order valence-electron chi connectivity index (χ3n) is 3.49. The fraction of sp³-hybridized carbons (Fsp3) is 0.364. The van der Waals surface area contributed by atoms with E-state index >= 15 is 0 Å². The standard InChI is InChI=1S/C11H12FN5O4/c12-4-3(1-18)7(19)8(20)6(4)17-2-14-5-9(17)15-11(13)16-10(5)21/h2,6-8,18-20H,1H2,(H3,13,15,16,21)/t6-,7-,8+/m1/s1. The molecule has 0 bridgehead atoms. The molecule has 0 aliphatic heterocycles. The van der Waals surface area contributed by atoms with E-state index in [1.54, 1.807) is 0 Å². The Bertz CT molecular complexity index is 797. The molecule has 2 aromatic heterocycles. The van der Waals surface area contributed by atoms with Gasteiger partial charge in [0.1, 0.15) is 24.1 Å². The minimum absolute atomic E-state index is 0.0261. The van der Waals surface area contributed by atoms with Crippen molar-refractivity contribution in [2.24, 2.45) is 0 Å². The molecule has 112 valence electrons. The zero-order valence-electron chi connectivity index (χ0n) is 10.6. The molecule has 0 spiro atoms. The Morgan fingerprint density at radius 2 is 2.19 bits per heavy atom. The van der Waals surface area contributed by atoms with Crippen molar-refractivity contribution >= 4 is 17.1 Å². The van der Waals surface area contributed by atoms with Gasteiger partial charge in [-0.15, -0.1) is 0 Å². The van der Waals surface area contributed by atoms with Gasteiger partial charge in [0, 0.05) is 5.57 Å². The van der Waals surface area contributed by atoms with Crippen LogP contribution in [0.25, 0.3) is 11.2 Å². The maximum atomic E-state index is 14.3. The normalized spacial score (nSPS) is 26.0. The van der Waals surface area contributed by atoms with Crippen LogP contribution in [0.4, 0.5) is 10.3 Å². The second-order valence-electron chi connectivity index (χ2n) is 4.69. The Balaban J connectivity index is 2.22. The summed E-state index contributed by atoms with van der Waals surface area (Å²) in [5.74, 6) is -1.08. The molecular formula is C11H12FN5O4. The number of anilines is 1. The number of H-pyrrole nitrogens is 1. The second kappa shape index (κ2) is 4.62. The summed E-state index contributed by atoms with van der Waals surface area (Å²) in [5, 5.41) is 28.7. The zero-order chi connectivity index (χ0) is 15.3. The first-order valence-corrected chi connectivity index (χ1v) is 6.03. The lowest BCUT2D eigenvalue weighted by molar-refractivity contribution is 0.0262. The van der Waals surface area contributed by atoms with Gasteiger partial charge in [0.2, 0.25) is 5.95 Å². The Morgan fingerprint density at radius 3 is 2.81 bits per heavy atom. The molecule has 2 aromatic rings. The number of nitrogens with one attached hydrogen (secondary N) is 1. The fourth-order valence-electron chi connectivity index (χ4n) is 2.46. The van der Waals surface area contributed by atoms with Crippen LogP contribution in [0.3, 0.4) is 0 Å². The first-order valence-electron chi connectivity index (χ1n) is 6.03. The number of hydrogen-bond acceptors (Lipinski definition) is 7. The predicted octanol–water partition coefficient (Wildman–Crippen LogP) is -1.81. The van der Waals surface area contributed by atoms with Crippen LogP contribution in [0, 0.1) is 0 Å². The molecule has 0 fully saturated rings. The number of aromatic nitrogens is 4. The molecule has 9 nitrogen and oxygen atoms in total. The molecule has 2 heterocycles. The zero-order valence-corrected chi connectivity index (χ0v) is 10.6. The van der Waals surface area contributed by atoms with Gasteiger partial charge >= 0.3 is 0 Å². The highest BCUT2D eigenvalue weighted by Crippen LogP contribution is 2.38. The molecule has 0 aromatic carbocycles. The van der Waals surface area contributed by atoms with Gasteiger partial charge in [0.25, 0.3) is 5.56 Å². The highest BCUT2D eigenvalue weighted by Gasteiger charge is 2.43. The second-order valence-corrected chi connectivity index (χ2v) is 4.69. The number of aliphatic hydroxyl groups is 3. The Morgan fingerprint density at radius 1 is 1.48 bits per heavy atom. The van der Waals surface area contributed by atoms with Crippen molar-refractivity contribution in [2.45, 2.75) is 18.2 Å². The van der Waals surface area contributed by atoms with E-state index in [1.807, 2.05) is 0 Å². The smallest absolute Gasteiger partial charge is 0.280 e. The van der Waals surface area contributed by atoms with E-state index < -0.39 is 36.2 Å². The fourth-order valence-corrected chi connectivity index (χ4v) is 2.46. The Kier molecular flexibility index (Phi) is 3.01. The van der Waals surface area contributed by atoms with E-state index in [-0.39, 0.29) is 22.7 Å². The summed E-state index contributed by atoms with van der Waals surface area (Å²) in [5.41, 5.74) is 4.42. The van der Waals surface area contributed by atoms with Crippen LogP contribution in [-0.2, 0) is 0 Å². The van der Waals surface area contributed by atoms with Crippen molar-refractivity contribution in [3.05, 3.63) is 28.1 Å². The van der Waals surface area contributed by atoms with Gasteiger partial charge in [-0.25, -0.2) is 9.37 Å². The number of aromatic amines is 1. The van der Waals surface area contributed by atoms with Gasteiger partial charge in [0.15, 0.2) is 11.2 Å². The van der Waals surface area contributed by atoms with Crippen LogP contribution in [0.1, 0.15) is 6.04 Å². The van der Waals surface area contributed by atoms with E-state index in [2.05, 4.69) is 15.0 Å². The van der Waals surface area contributed by atoms with Crippen LogP contribution in [-0.4, -0.2) is 53.7 Å². The third kappa shape index (κ3) is 1.84. The van der Waals surface area contributed by atoms with Crippen LogP contribution >= 0.6 is 0 Å². The summed E-state index contributed by atoms with van der Waals surface area (Å²) in [6.45, 7) is -0.733. The molecule has 1 aliphatic carbocycles. The number of fused-ring (bicyclic) bond motifs is 1. The van der Waals surface area contributed by atoms with E-state index in [9.17, 15) is 19.4 Å². The monoisotopic (exact) mass is 297 g/mol. The minimum atomic E-state index is -1.54. The SMILES string of the molecule is Nc1nc2c(ncn2[C@@H]2C(F)=C(CO)[C@@H](O)[C@H]2O)c(=O)[nH]1. The van der Waals surface area contributed by atoms with Crippen LogP contribution in [0.2, 0.25) is 0 Å². The van der Waals surface area contributed by atoms with E-state index in [1.165, 1.54) is 0 Å². The lowest BCUT2D eigenvalue weighted by atomic mass is 10.1. The average Bonchev–Trinajstić information content (AvgIpc) is 2.91. The summed E-state index contributed by atoms with van der Waals surface area (Å²) in [7, 11) is 0. The van der Waals surface area contributed by atoms with E-state index in [0.717, 1.165) is 10.9 Å². The molecule has 1 aliphatic rings. The van der Waals surface area contributed by atoms with Crippen molar-refractivity contribution < 1.29 is 19.7 Å². The van der Waals surface area contributed by atoms with Crippen molar-refractivity contribution in [1.29, 1.82) is 0 Å². The predicted molar refractivity (Wildman–Crippen MR) is 68.8 cm³/mol. The Hall–Kier alpha value is -2.30. The third-order valence-corrected chi connectivity index (χ3v) is 3.49. The van der Waals surface area contributed by atoms with Gasteiger partial charge < -0.3 is 25.6 Å². The quantitative estimate of drug-likeness (QED) is 0.438. The summed E-state index contributed by atoms with van der Waals surface area (Å²) in [4.78, 5) is 21.6. The van der Waals surface area contributed by atoms with E-state index in [4.69, 9.17) is 10.8 Å². The van der Waals surface area contributed by atoms with E-state index in [0.29, 0.717) is 0 Å². The van der Waals surface area contributed by atoms with Gasteiger partial charge in [-0.1, -0.05) is 0 Å². The lowest BCUT2D eigenvalue weighted by Gasteiger charge is -2.18. The molecule has 3 atom stereocenters. The van der Waals surface area contributed by atoms with Gasteiger partial charge in [-0.05, 0) is 0 Å². The van der Waals surface area contributed by atoms with Crippen molar-refractivity contribution in [3.63, 3.8) is 0 Å². The van der Waals surface area contributed by atoms with Gasteiger partial charge in [-0.3, -0.25) is 9.78 Å². The van der Waals surface area contributed by atoms with Crippen molar-refractivity contribution in [3.8, 4) is 0 Å². The maximum absolute atomic E-state index is 14.3. The molecular weight excluding hydrogens is 285 g/mol. The Labute approximate surface area is 116 Å². The molecule has 0 saturated heterocycles. The van der Waals surface area contributed by atoms with Crippen molar-refractivity contribution in [1.82, 2.24) is 19.5 Å². The summed E-state index contributed by atoms with van der Waals surface area (Å²) < 4.78 is 15.4. The number of halogens is 1. The molecule has 0 amide bonds. The maximum Gasteiger partial charge on any atom is 0.280 e. The first kappa shape index (κ1) is 13.7. The van der Waals surface area contributed by atoms with Crippen LogP contribution < -0.4 is 11.3 Å². The largest absolute Gasteiger partial charge is 0.392 e. The highest BCUT2D eigenvalue weighted by molar-refractivity contribution is 5.71. The molecule has 0 saturated carbocycles. The number of rotatable bonds is 2. The number of imidazole rings is 1. The van der Waals surface area contributed by atoms with Gasteiger partial charge in [0.05, 0.1) is 12.9 Å². The van der Waals surface area contributed by atoms with Crippen LogP contribution in [0.5, 0.6) is 0 Å².